The Morgan fingerprint density at radius 3 is 2.68 bits per heavy atom. The van der Waals surface area contributed by atoms with Crippen molar-refractivity contribution in [2.45, 2.75) is 46.6 Å². The Kier molecular flexibility index (Phi) is 5.77. The molecule has 2 N–H and O–H groups in total. The van der Waals surface area contributed by atoms with Gasteiger partial charge in [0.2, 0.25) is 0 Å². The third kappa shape index (κ3) is 4.81. The van der Waals surface area contributed by atoms with E-state index in [9.17, 15) is 5.11 Å². The van der Waals surface area contributed by atoms with Crippen LogP contribution in [0, 0.1) is 5.41 Å². The summed E-state index contributed by atoms with van der Waals surface area (Å²) in [6.07, 6.45) is 11.2. The van der Waals surface area contributed by atoms with Crippen LogP contribution in [0.4, 0.5) is 0 Å². The molecule has 1 aliphatic carbocycles. The van der Waals surface area contributed by atoms with Crippen LogP contribution in [0.2, 0.25) is 0 Å². The summed E-state index contributed by atoms with van der Waals surface area (Å²) in [6, 6.07) is 0. The molecule has 0 spiro atoms. The van der Waals surface area contributed by atoms with Crippen molar-refractivity contribution in [3.8, 4) is 0 Å². The number of rotatable bonds is 4. The molecule has 0 heterocycles. The highest BCUT2D eigenvalue weighted by Gasteiger charge is 2.31. The van der Waals surface area contributed by atoms with Crippen LogP contribution in [0.1, 0.15) is 40.5 Å². The minimum absolute atomic E-state index is 0.0272. The summed E-state index contributed by atoms with van der Waals surface area (Å²) in [5.41, 5.74) is 3.78. The average molecular weight is 262 g/mol. The summed E-state index contributed by atoms with van der Waals surface area (Å²) < 4.78 is 0. The van der Waals surface area contributed by atoms with Crippen molar-refractivity contribution >= 4 is 0 Å². The standard InChI is InChI=1S/C17H26O2/c1-13(7-5-6-10-18)8-9-16-14(2)11-15(19)12-17(16,3)4/h5-9,15,18-19H,10-12H2,1-4H3/b6-5+,9-8+,13-7+/t15-/m1/s1. The number of aliphatic hydroxyl groups excluding tert-OH is 2. The number of hydrogen-bond donors (Lipinski definition) is 2. The molecule has 2 heteroatoms. The van der Waals surface area contributed by atoms with E-state index >= 15 is 0 Å². The van der Waals surface area contributed by atoms with Crippen molar-refractivity contribution in [1.82, 2.24) is 0 Å². The Labute approximate surface area is 116 Å². The van der Waals surface area contributed by atoms with Gasteiger partial charge in [0.1, 0.15) is 0 Å². The van der Waals surface area contributed by atoms with Gasteiger partial charge in [0.15, 0.2) is 0 Å². The van der Waals surface area contributed by atoms with Crippen LogP contribution in [-0.4, -0.2) is 22.9 Å². The van der Waals surface area contributed by atoms with Crippen LogP contribution in [0.15, 0.2) is 47.1 Å². The third-order valence-corrected chi connectivity index (χ3v) is 3.59. The summed E-state index contributed by atoms with van der Waals surface area (Å²) in [5, 5.41) is 18.5. The maximum absolute atomic E-state index is 9.85. The van der Waals surface area contributed by atoms with Crippen molar-refractivity contribution in [2.24, 2.45) is 5.41 Å². The second-order valence-electron chi connectivity index (χ2n) is 5.99. The lowest BCUT2D eigenvalue weighted by molar-refractivity contribution is 0.116. The van der Waals surface area contributed by atoms with Crippen molar-refractivity contribution in [3.05, 3.63) is 47.1 Å². The molecule has 1 rings (SSSR count). The summed E-state index contributed by atoms with van der Waals surface area (Å²) >= 11 is 0. The first-order chi connectivity index (χ1) is 8.86. The lowest BCUT2D eigenvalue weighted by Crippen LogP contribution is -2.28. The first-order valence-electron chi connectivity index (χ1n) is 6.87. The molecule has 0 fully saturated rings. The van der Waals surface area contributed by atoms with Crippen molar-refractivity contribution in [3.63, 3.8) is 0 Å². The van der Waals surface area contributed by atoms with E-state index in [1.165, 1.54) is 11.1 Å². The predicted molar refractivity (Wildman–Crippen MR) is 80.8 cm³/mol. The minimum Gasteiger partial charge on any atom is -0.393 e. The fourth-order valence-corrected chi connectivity index (χ4v) is 2.73. The van der Waals surface area contributed by atoms with Gasteiger partial charge in [-0.25, -0.2) is 0 Å². The second kappa shape index (κ2) is 6.88. The molecule has 0 bridgehead atoms. The van der Waals surface area contributed by atoms with E-state index in [-0.39, 0.29) is 18.1 Å². The zero-order chi connectivity index (χ0) is 14.5. The zero-order valence-corrected chi connectivity index (χ0v) is 12.5. The lowest BCUT2D eigenvalue weighted by atomic mass is 9.71. The van der Waals surface area contributed by atoms with Crippen LogP contribution < -0.4 is 0 Å². The Bertz CT molecular complexity index is 423. The van der Waals surface area contributed by atoms with Crippen LogP contribution in [0.3, 0.4) is 0 Å². The molecule has 0 aromatic heterocycles. The SMILES string of the molecule is CC1=C(/C=C/C(C)=C/C=C/CO)C(C)(C)C[C@H](O)C1. The highest BCUT2D eigenvalue weighted by molar-refractivity contribution is 5.37. The first-order valence-corrected chi connectivity index (χ1v) is 6.87. The van der Waals surface area contributed by atoms with Gasteiger partial charge in [0.05, 0.1) is 12.7 Å². The fourth-order valence-electron chi connectivity index (χ4n) is 2.73. The Morgan fingerprint density at radius 2 is 2.11 bits per heavy atom. The number of allylic oxidation sites excluding steroid dienone is 6. The highest BCUT2D eigenvalue weighted by Crippen LogP contribution is 2.40. The molecule has 1 atom stereocenters. The second-order valence-corrected chi connectivity index (χ2v) is 5.99. The molecule has 19 heavy (non-hydrogen) atoms. The molecule has 2 nitrogen and oxygen atoms in total. The van der Waals surface area contributed by atoms with Gasteiger partial charge in [-0.3, -0.25) is 0 Å². The van der Waals surface area contributed by atoms with Crippen molar-refractivity contribution < 1.29 is 10.2 Å². The molecular weight excluding hydrogens is 236 g/mol. The van der Waals surface area contributed by atoms with Crippen LogP contribution >= 0.6 is 0 Å². The van der Waals surface area contributed by atoms with Gasteiger partial charge in [-0.15, -0.1) is 0 Å². The van der Waals surface area contributed by atoms with Crippen LogP contribution in [0.25, 0.3) is 0 Å². The van der Waals surface area contributed by atoms with Crippen LogP contribution in [0.5, 0.6) is 0 Å². The largest absolute Gasteiger partial charge is 0.393 e. The lowest BCUT2D eigenvalue weighted by Gasteiger charge is -2.35. The maximum atomic E-state index is 9.85. The van der Waals surface area contributed by atoms with Crippen molar-refractivity contribution in [2.75, 3.05) is 6.61 Å². The number of aliphatic hydroxyl groups is 2. The van der Waals surface area contributed by atoms with Gasteiger partial charge in [0, 0.05) is 0 Å². The molecule has 1 aliphatic rings. The fraction of sp³-hybridized carbons (Fsp3) is 0.529. The topological polar surface area (TPSA) is 40.5 Å². The van der Waals surface area contributed by atoms with E-state index in [1.807, 2.05) is 19.1 Å². The van der Waals surface area contributed by atoms with Gasteiger partial charge in [-0.2, -0.15) is 0 Å². The van der Waals surface area contributed by atoms with E-state index in [2.05, 4.69) is 32.9 Å². The molecule has 106 valence electrons. The highest BCUT2D eigenvalue weighted by atomic mass is 16.3. The van der Waals surface area contributed by atoms with Crippen LogP contribution in [-0.2, 0) is 0 Å². The Hall–Kier alpha value is -1.12. The Morgan fingerprint density at radius 1 is 1.42 bits per heavy atom. The molecule has 0 aliphatic heterocycles. The molecule has 0 aromatic carbocycles. The molecule has 0 saturated heterocycles. The normalized spacial score (nSPS) is 24.7. The first kappa shape index (κ1) is 15.9. The zero-order valence-electron chi connectivity index (χ0n) is 12.5. The van der Waals surface area contributed by atoms with E-state index in [4.69, 9.17) is 5.11 Å². The predicted octanol–water partition coefficient (Wildman–Crippen LogP) is 3.53. The third-order valence-electron chi connectivity index (χ3n) is 3.59. The molecule has 0 aromatic rings. The number of hydrogen-bond acceptors (Lipinski definition) is 2. The molecule has 0 radical (unpaired) electrons. The summed E-state index contributed by atoms with van der Waals surface area (Å²) in [4.78, 5) is 0. The monoisotopic (exact) mass is 262 g/mol. The summed E-state index contributed by atoms with van der Waals surface area (Å²) in [7, 11) is 0. The van der Waals surface area contributed by atoms with E-state index in [1.54, 1.807) is 6.08 Å². The summed E-state index contributed by atoms with van der Waals surface area (Å²) in [6.45, 7) is 8.59. The quantitative estimate of drug-likeness (QED) is 0.761. The smallest absolute Gasteiger partial charge is 0.0615 e. The van der Waals surface area contributed by atoms with Gasteiger partial charge in [-0.1, -0.05) is 55.4 Å². The molecule has 0 saturated carbocycles. The van der Waals surface area contributed by atoms with Gasteiger partial charge in [0.25, 0.3) is 0 Å². The van der Waals surface area contributed by atoms with Gasteiger partial charge >= 0.3 is 0 Å². The van der Waals surface area contributed by atoms with E-state index in [0.717, 1.165) is 18.4 Å². The molecule has 0 amide bonds. The summed E-state index contributed by atoms with van der Waals surface area (Å²) in [5.74, 6) is 0. The average Bonchev–Trinajstić information content (AvgIpc) is 2.26. The van der Waals surface area contributed by atoms with E-state index in [0.29, 0.717) is 0 Å². The molecule has 0 unspecified atom stereocenters. The maximum Gasteiger partial charge on any atom is 0.0615 e. The molecular formula is C17H26O2. The Balaban J connectivity index is 2.88. The van der Waals surface area contributed by atoms with Gasteiger partial charge in [-0.05, 0) is 37.7 Å². The van der Waals surface area contributed by atoms with E-state index < -0.39 is 0 Å². The minimum atomic E-state index is -0.212. The van der Waals surface area contributed by atoms with Gasteiger partial charge < -0.3 is 10.2 Å². The van der Waals surface area contributed by atoms with Crippen molar-refractivity contribution in [1.29, 1.82) is 0 Å².